The van der Waals surface area contributed by atoms with Crippen molar-refractivity contribution < 1.29 is 0 Å². The molecule has 0 rings (SSSR count). The van der Waals surface area contributed by atoms with Gasteiger partial charge in [0.25, 0.3) is 0 Å². The molecule has 0 saturated carbocycles. The molecule has 0 aliphatic carbocycles. The fourth-order valence-corrected chi connectivity index (χ4v) is 0.222. The van der Waals surface area contributed by atoms with Crippen LogP contribution in [0.4, 0.5) is 0 Å². The van der Waals surface area contributed by atoms with Gasteiger partial charge in [-0.2, -0.15) is 5.26 Å². The molecule has 0 saturated heterocycles. The number of hydrogen-bond acceptors (Lipinski definition) is 3. The van der Waals surface area contributed by atoms with E-state index in [1.807, 2.05) is 6.07 Å². The molecule has 0 aliphatic heterocycles. The summed E-state index contributed by atoms with van der Waals surface area (Å²) in [5.41, 5.74) is 2.40. The summed E-state index contributed by atoms with van der Waals surface area (Å²) < 4.78 is 0. The molecule has 0 aliphatic rings. The minimum absolute atomic E-state index is 0.0185. The van der Waals surface area contributed by atoms with Crippen LogP contribution in [0.15, 0.2) is 0 Å². The predicted molar refractivity (Wildman–Crippen MR) is 27.0 cm³/mol. The Morgan fingerprint density at radius 2 is 2.57 bits per heavy atom. The number of nitrogens with one attached hydrogen (secondary N) is 1. The molecule has 0 unspecified atom stereocenters. The summed E-state index contributed by atoms with van der Waals surface area (Å²) in [6, 6.07) is 2.02. The zero-order valence-electron chi connectivity index (χ0n) is 4.31. The highest BCUT2D eigenvalue weighted by Gasteiger charge is 1.92. The van der Waals surface area contributed by atoms with Crippen molar-refractivity contribution in [3.05, 3.63) is 0 Å². The smallest absolute Gasteiger partial charge is 0.0666 e. The molecule has 0 spiro atoms. The second-order valence-corrected chi connectivity index (χ2v) is 1.44. The fourth-order valence-electron chi connectivity index (χ4n) is 0.222. The molecule has 0 bridgehead atoms. The predicted octanol–water partition coefficient (Wildman–Crippen LogP) is -0.391. The van der Waals surface area contributed by atoms with E-state index in [0.29, 0.717) is 6.54 Å². The first kappa shape index (κ1) is 6.41. The van der Waals surface area contributed by atoms with Crippen molar-refractivity contribution in [3.63, 3.8) is 0 Å². The summed E-state index contributed by atoms with van der Waals surface area (Å²) in [4.78, 5) is 0. The van der Waals surface area contributed by atoms with Crippen molar-refractivity contribution in [1.82, 2.24) is 5.43 Å². The summed E-state index contributed by atoms with van der Waals surface area (Å²) >= 11 is 0. The van der Waals surface area contributed by atoms with E-state index in [9.17, 15) is 0 Å². The molecule has 0 fully saturated rings. The van der Waals surface area contributed by atoms with E-state index in [2.05, 4.69) is 5.43 Å². The van der Waals surface area contributed by atoms with E-state index in [0.717, 1.165) is 0 Å². The van der Waals surface area contributed by atoms with Crippen LogP contribution >= 0.6 is 0 Å². The largest absolute Gasteiger partial charge is 0.271 e. The zero-order chi connectivity index (χ0) is 5.70. The van der Waals surface area contributed by atoms with Gasteiger partial charge in [0.1, 0.15) is 0 Å². The highest BCUT2D eigenvalue weighted by Crippen LogP contribution is 1.83. The summed E-state index contributed by atoms with van der Waals surface area (Å²) in [5.74, 6) is 4.92. The van der Waals surface area contributed by atoms with E-state index in [1.165, 1.54) is 0 Å². The van der Waals surface area contributed by atoms with Crippen LogP contribution in [-0.2, 0) is 0 Å². The summed E-state index contributed by atoms with van der Waals surface area (Å²) in [7, 11) is 0. The van der Waals surface area contributed by atoms with Crippen LogP contribution < -0.4 is 11.3 Å². The monoisotopic (exact) mass is 99.1 g/mol. The topological polar surface area (TPSA) is 61.8 Å². The van der Waals surface area contributed by atoms with Gasteiger partial charge in [0, 0.05) is 6.54 Å². The first-order valence-corrected chi connectivity index (χ1v) is 2.14. The number of hydrogen-bond donors (Lipinski definition) is 2. The lowest BCUT2D eigenvalue weighted by atomic mass is 10.2. The van der Waals surface area contributed by atoms with E-state index in [-0.39, 0.29) is 5.92 Å². The van der Waals surface area contributed by atoms with Gasteiger partial charge in [-0.05, 0) is 6.92 Å². The molecule has 3 N–H and O–H groups in total. The lowest BCUT2D eigenvalue weighted by Gasteiger charge is -1.95. The Balaban J connectivity index is 3.04. The quantitative estimate of drug-likeness (QED) is 0.366. The lowest BCUT2D eigenvalue weighted by molar-refractivity contribution is 0.625. The van der Waals surface area contributed by atoms with Crippen LogP contribution in [0.3, 0.4) is 0 Å². The molecular weight excluding hydrogens is 90.1 g/mol. The minimum Gasteiger partial charge on any atom is -0.271 e. The fraction of sp³-hybridized carbons (Fsp3) is 0.750. The number of nitriles is 1. The average Bonchev–Trinajstić information content (AvgIpc) is 1.68. The van der Waals surface area contributed by atoms with Gasteiger partial charge in [0.05, 0.1) is 12.0 Å². The Hall–Kier alpha value is -0.590. The highest BCUT2D eigenvalue weighted by molar-refractivity contribution is 4.78. The molecule has 0 radical (unpaired) electrons. The van der Waals surface area contributed by atoms with E-state index >= 15 is 0 Å². The molecule has 1 atom stereocenters. The van der Waals surface area contributed by atoms with Gasteiger partial charge in [0.2, 0.25) is 0 Å². The summed E-state index contributed by atoms with van der Waals surface area (Å²) in [6.07, 6.45) is 0. The van der Waals surface area contributed by atoms with Crippen molar-refractivity contribution in [2.24, 2.45) is 11.8 Å². The van der Waals surface area contributed by atoms with E-state index in [4.69, 9.17) is 11.1 Å². The van der Waals surface area contributed by atoms with Crippen LogP contribution in [0.5, 0.6) is 0 Å². The Bertz CT molecular complexity index is 73.5. The highest BCUT2D eigenvalue weighted by atomic mass is 15.2. The van der Waals surface area contributed by atoms with Crippen molar-refractivity contribution in [1.29, 1.82) is 5.26 Å². The summed E-state index contributed by atoms with van der Waals surface area (Å²) in [6.45, 7) is 2.37. The standard InChI is InChI=1S/C4H9N3/c1-4(2-5)3-7-6/h4,7H,3,6H2,1H3/t4-/m1/s1. The van der Waals surface area contributed by atoms with Gasteiger partial charge in [-0.15, -0.1) is 0 Å². The average molecular weight is 99.1 g/mol. The number of nitrogens with zero attached hydrogens (tertiary/aromatic N) is 1. The molecule has 0 amide bonds. The van der Waals surface area contributed by atoms with Gasteiger partial charge in [-0.1, -0.05) is 0 Å². The Morgan fingerprint density at radius 1 is 2.00 bits per heavy atom. The Kier molecular flexibility index (Phi) is 3.29. The normalized spacial score (nSPS) is 12.7. The molecule has 7 heavy (non-hydrogen) atoms. The van der Waals surface area contributed by atoms with Crippen LogP contribution in [0, 0.1) is 17.2 Å². The molecule has 0 heterocycles. The molecule has 3 heteroatoms. The van der Waals surface area contributed by atoms with E-state index in [1.54, 1.807) is 6.92 Å². The van der Waals surface area contributed by atoms with Gasteiger partial charge in [0.15, 0.2) is 0 Å². The Labute approximate surface area is 43.1 Å². The second-order valence-electron chi connectivity index (χ2n) is 1.44. The zero-order valence-corrected chi connectivity index (χ0v) is 4.31. The minimum atomic E-state index is 0.0185. The first-order valence-electron chi connectivity index (χ1n) is 2.14. The van der Waals surface area contributed by atoms with Gasteiger partial charge < -0.3 is 0 Å². The second kappa shape index (κ2) is 3.59. The van der Waals surface area contributed by atoms with E-state index < -0.39 is 0 Å². The van der Waals surface area contributed by atoms with Crippen molar-refractivity contribution in [3.8, 4) is 6.07 Å². The third kappa shape index (κ3) is 3.23. The third-order valence-electron chi connectivity index (χ3n) is 0.644. The van der Waals surface area contributed by atoms with Gasteiger partial charge in [-0.3, -0.25) is 11.3 Å². The molecule has 40 valence electrons. The van der Waals surface area contributed by atoms with Crippen molar-refractivity contribution in [2.75, 3.05) is 6.54 Å². The van der Waals surface area contributed by atoms with Crippen LogP contribution in [0.1, 0.15) is 6.92 Å². The van der Waals surface area contributed by atoms with Crippen LogP contribution in [0.2, 0.25) is 0 Å². The molecule has 0 aromatic carbocycles. The number of hydrazine groups is 1. The van der Waals surface area contributed by atoms with Gasteiger partial charge >= 0.3 is 0 Å². The maximum Gasteiger partial charge on any atom is 0.0666 e. The lowest BCUT2D eigenvalue weighted by Crippen LogP contribution is -2.26. The number of rotatable bonds is 2. The molecular formula is C4H9N3. The number of nitrogens with two attached hydrogens (primary N) is 1. The van der Waals surface area contributed by atoms with Crippen molar-refractivity contribution in [2.45, 2.75) is 6.92 Å². The third-order valence-corrected chi connectivity index (χ3v) is 0.644. The molecule has 0 aromatic rings. The maximum absolute atomic E-state index is 8.12. The SMILES string of the molecule is C[C@H](C#N)CNN. The first-order chi connectivity index (χ1) is 3.31. The van der Waals surface area contributed by atoms with Crippen molar-refractivity contribution >= 4 is 0 Å². The Morgan fingerprint density at radius 3 is 2.71 bits per heavy atom. The maximum atomic E-state index is 8.12. The molecule has 3 nitrogen and oxygen atoms in total. The molecule has 0 aromatic heterocycles. The summed E-state index contributed by atoms with van der Waals surface area (Å²) in [5, 5.41) is 8.12. The van der Waals surface area contributed by atoms with Crippen LogP contribution in [-0.4, -0.2) is 6.54 Å². The van der Waals surface area contributed by atoms with Crippen LogP contribution in [0.25, 0.3) is 0 Å². The van der Waals surface area contributed by atoms with Gasteiger partial charge in [-0.25, -0.2) is 0 Å².